The predicted octanol–water partition coefficient (Wildman–Crippen LogP) is 2.91. The van der Waals surface area contributed by atoms with Gasteiger partial charge in [-0.25, -0.2) is 4.68 Å². The van der Waals surface area contributed by atoms with Crippen LogP contribution in [0.15, 0.2) is 29.1 Å². The lowest BCUT2D eigenvalue weighted by Crippen LogP contribution is -2.26. The van der Waals surface area contributed by atoms with Crippen LogP contribution in [0.3, 0.4) is 0 Å². The van der Waals surface area contributed by atoms with Gasteiger partial charge >= 0.3 is 0 Å². The van der Waals surface area contributed by atoms with Crippen LogP contribution in [0.2, 0.25) is 0 Å². The van der Waals surface area contributed by atoms with Gasteiger partial charge in [-0.2, -0.15) is 0 Å². The highest BCUT2D eigenvalue weighted by atomic mass is 16.1. The van der Waals surface area contributed by atoms with Gasteiger partial charge in [-0.1, -0.05) is 50.6 Å². The Kier molecular flexibility index (Phi) is 3.99. The maximum Gasteiger partial charge on any atom is 0.290 e. The number of nitrogens with zero attached hydrogens (tertiary/aromatic N) is 2. The molecule has 0 aliphatic carbocycles. The molecule has 1 aromatic heterocycles. The molecule has 0 aliphatic heterocycles. The molecule has 2 rings (SSSR count). The third-order valence-electron chi connectivity index (χ3n) is 3.73. The van der Waals surface area contributed by atoms with E-state index in [2.05, 4.69) is 52.0 Å². The molecule has 0 unspecified atom stereocenters. The van der Waals surface area contributed by atoms with E-state index in [4.69, 9.17) is 5.73 Å². The molecule has 0 radical (unpaired) electrons. The van der Waals surface area contributed by atoms with Gasteiger partial charge < -0.3 is 5.73 Å². The number of anilines is 1. The van der Waals surface area contributed by atoms with E-state index < -0.39 is 0 Å². The van der Waals surface area contributed by atoms with E-state index in [9.17, 15) is 4.79 Å². The molecular formula is C17H25N3O. The fraction of sp³-hybridized carbons (Fsp3) is 0.471. The third kappa shape index (κ3) is 2.89. The Morgan fingerprint density at radius 3 is 2.14 bits per heavy atom. The predicted molar refractivity (Wildman–Crippen MR) is 87.8 cm³/mol. The minimum absolute atomic E-state index is 0.0950. The van der Waals surface area contributed by atoms with Crippen LogP contribution in [0.5, 0.6) is 0 Å². The zero-order valence-corrected chi connectivity index (χ0v) is 13.6. The Morgan fingerprint density at radius 1 is 1.10 bits per heavy atom. The molecule has 0 amide bonds. The minimum Gasteiger partial charge on any atom is -0.393 e. The fourth-order valence-electron chi connectivity index (χ4n) is 2.75. The normalized spacial score (nSPS) is 11.9. The van der Waals surface area contributed by atoms with Crippen molar-refractivity contribution in [2.24, 2.45) is 0 Å². The standard InChI is InChI=1S/C17H25N3O/c1-6-19-15(17(3,4)5)14(18)16(21)20(19)11-13-9-7-12(2)8-10-13/h7-10H,6,11,18H2,1-5H3. The largest absolute Gasteiger partial charge is 0.393 e. The summed E-state index contributed by atoms with van der Waals surface area (Å²) in [6.45, 7) is 11.6. The Labute approximate surface area is 126 Å². The lowest BCUT2D eigenvalue weighted by molar-refractivity contribution is 0.428. The minimum atomic E-state index is -0.155. The van der Waals surface area contributed by atoms with Crippen LogP contribution in [0.25, 0.3) is 0 Å². The molecule has 0 saturated heterocycles. The molecule has 21 heavy (non-hydrogen) atoms. The molecule has 0 fully saturated rings. The number of aryl methyl sites for hydroxylation is 1. The van der Waals surface area contributed by atoms with Gasteiger partial charge in [-0.15, -0.1) is 0 Å². The van der Waals surface area contributed by atoms with E-state index in [0.29, 0.717) is 12.2 Å². The Bertz CT molecular complexity index is 685. The van der Waals surface area contributed by atoms with Gasteiger partial charge in [-0.05, 0) is 19.4 Å². The van der Waals surface area contributed by atoms with Gasteiger partial charge in [0, 0.05) is 12.0 Å². The summed E-state index contributed by atoms with van der Waals surface area (Å²) in [5, 5.41) is 0. The zero-order chi connectivity index (χ0) is 15.8. The molecule has 1 aromatic carbocycles. The summed E-state index contributed by atoms with van der Waals surface area (Å²) in [4.78, 5) is 12.5. The molecular weight excluding hydrogens is 262 g/mol. The van der Waals surface area contributed by atoms with Crippen molar-refractivity contribution in [2.75, 3.05) is 5.73 Å². The first-order chi connectivity index (χ1) is 9.75. The van der Waals surface area contributed by atoms with Crippen molar-refractivity contribution in [1.82, 2.24) is 9.36 Å². The quantitative estimate of drug-likeness (QED) is 0.943. The Morgan fingerprint density at radius 2 is 1.67 bits per heavy atom. The first-order valence-corrected chi connectivity index (χ1v) is 7.40. The summed E-state index contributed by atoms with van der Waals surface area (Å²) in [5.41, 5.74) is 9.45. The summed E-state index contributed by atoms with van der Waals surface area (Å²) >= 11 is 0. The van der Waals surface area contributed by atoms with E-state index in [-0.39, 0.29) is 11.0 Å². The van der Waals surface area contributed by atoms with Crippen LogP contribution in [-0.2, 0) is 18.5 Å². The van der Waals surface area contributed by atoms with Crippen molar-refractivity contribution >= 4 is 5.69 Å². The lowest BCUT2D eigenvalue weighted by Gasteiger charge is -2.22. The molecule has 4 nitrogen and oxygen atoms in total. The molecule has 2 aromatic rings. The van der Waals surface area contributed by atoms with Gasteiger partial charge in [0.25, 0.3) is 5.56 Å². The first-order valence-electron chi connectivity index (χ1n) is 7.40. The Hall–Kier alpha value is -1.97. The van der Waals surface area contributed by atoms with Crippen LogP contribution in [0.1, 0.15) is 44.5 Å². The van der Waals surface area contributed by atoms with Crippen molar-refractivity contribution < 1.29 is 0 Å². The topological polar surface area (TPSA) is 52.9 Å². The third-order valence-corrected chi connectivity index (χ3v) is 3.73. The van der Waals surface area contributed by atoms with Crippen LogP contribution in [-0.4, -0.2) is 9.36 Å². The highest BCUT2D eigenvalue weighted by Crippen LogP contribution is 2.26. The number of nitrogen functional groups attached to an aromatic ring is 1. The smallest absolute Gasteiger partial charge is 0.290 e. The van der Waals surface area contributed by atoms with Crippen molar-refractivity contribution in [3.8, 4) is 0 Å². The average Bonchev–Trinajstić information content (AvgIpc) is 2.65. The van der Waals surface area contributed by atoms with Crippen molar-refractivity contribution in [3.63, 3.8) is 0 Å². The molecule has 0 aliphatic rings. The van der Waals surface area contributed by atoms with E-state index in [0.717, 1.165) is 17.8 Å². The number of hydrogen-bond acceptors (Lipinski definition) is 2. The number of rotatable bonds is 3. The summed E-state index contributed by atoms with van der Waals surface area (Å²) in [6.07, 6.45) is 0. The van der Waals surface area contributed by atoms with Gasteiger partial charge in [-0.3, -0.25) is 9.48 Å². The van der Waals surface area contributed by atoms with Crippen molar-refractivity contribution in [2.45, 2.75) is 53.1 Å². The van der Waals surface area contributed by atoms with Crippen molar-refractivity contribution in [1.29, 1.82) is 0 Å². The van der Waals surface area contributed by atoms with E-state index in [1.54, 1.807) is 4.68 Å². The second kappa shape index (κ2) is 5.43. The zero-order valence-electron chi connectivity index (χ0n) is 13.6. The molecule has 0 atom stereocenters. The fourth-order valence-corrected chi connectivity index (χ4v) is 2.75. The molecule has 0 saturated carbocycles. The van der Waals surface area contributed by atoms with Gasteiger partial charge in [0.05, 0.1) is 12.2 Å². The molecule has 114 valence electrons. The van der Waals surface area contributed by atoms with Gasteiger partial charge in [0.1, 0.15) is 5.69 Å². The summed E-state index contributed by atoms with van der Waals surface area (Å²) in [5.74, 6) is 0. The number of hydrogen-bond donors (Lipinski definition) is 1. The summed E-state index contributed by atoms with van der Waals surface area (Å²) in [6, 6.07) is 8.24. The van der Waals surface area contributed by atoms with E-state index >= 15 is 0 Å². The summed E-state index contributed by atoms with van der Waals surface area (Å²) < 4.78 is 3.76. The maximum atomic E-state index is 12.5. The second-order valence-electron chi connectivity index (χ2n) is 6.58. The van der Waals surface area contributed by atoms with Crippen molar-refractivity contribution in [3.05, 3.63) is 51.4 Å². The van der Waals surface area contributed by atoms with Crippen LogP contribution >= 0.6 is 0 Å². The molecule has 0 spiro atoms. The van der Waals surface area contributed by atoms with Crippen LogP contribution < -0.4 is 11.3 Å². The molecule has 4 heteroatoms. The van der Waals surface area contributed by atoms with Crippen LogP contribution in [0, 0.1) is 6.92 Å². The monoisotopic (exact) mass is 287 g/mol. The van der Waals surface area contributed by atoms with E-state index in [1.807, 2.05) is 11.6 Å². The lowest BCUT2D eigenvalue weighted by atomic mass is 9.91. The average molecular weight is 287 g/mol. The first kappa shape index (κ1) is 15.4. The second-order valence-corrected chi connectivity index (χ2v) is 6.58. The SMILES string of the molecule is CCn1c(C(C)(C)C)c(N)c(=O)n1Cc1ccc(C)cc1. The van der Waals surface area contributed by atoms with Gasteiger partial charge in [0.15, 0.2) is 0 Å². The van der Waals surface area contributed by atoms with Gasteiger partial charge in [0.2, 0.25) is 0 Å². The molecule has 2 N–H and O–H groups in total. The highest BCUT2D eigenvalue weighted by Gasteiger charge is 2.26. The summed E-state index contributed by atoms with van der Waals surface area (Å²) in [7, 11) is 0. The maximum absolute atomic E-state index is 12.5. The molecule has 0 bridgehead atoms. The van der Waals surface area contributed by atoms with Crippen LogP contribution in [0.4, 0.5) is 5.69 Å². The van der Waals surface area contributed by atoms with E-state index in [1.165, 1.54) is 5.56 Å². The number of nitrogens with two attached hydrogens (primary N) is 1. The molecule has 1 heterocycles. The highest BCUT2D eigenvalue weighted by molar-refractivity contribution is 5.45. The Balaban J connectivity index is 2.54. The number of aromatic nitrogens is 2. The number of benzene rings is 1.